The van der Waals surface area contributed by atoms with Gasteiger partial charge in [-0.25, -0.2) is 4.98 Å². The van der Waals surface area contributed by atoms with Gasteiger partial charge in [-0.3, -0.25) is 9.59 Å². The summed E-state index contributed by atoms with van der Waals surface area (Å²) < 4.78 is 41.2. The molecule has 1 aliphatic heterocycles. The van der Waals surface area contributed by atoms with Gasteiger partial charge < -0.3 is 14.5 Å². The molecular formula is C21H22F3N3O3. The van der Waals surface area contributed by atoms with Crippen molar-refractivity contribution in [3.8, 4) is 5.88 Å². The summed E-state index contributed by atoms with van der Waals surface area (Å²) in [7, 11) is 0. The molecule has 9 heteroatoms. The third-order valence-electron chi connectivity index (χ3n) is 4.70. The van der Waals surface area contributed by atoms with Gasteiger partial charge in [-0.05, 0) is 31.5 Å². The SMILES string of the molecule is Cc1cccc(C(=O)N2CCCN(C(=O)c3ccc(OCC(F)(F)F)nc3)CC2)c1. The van der Waals surface area contributed by atoms with Gasteiger partial charge in [-0.2, -0.15) is 13.2 Å². The minimum atomic E-state index is -4.45. The number of hydrogen-bond donors (Lipinski definition) is 0. The molecule has 0 radical (unpaired) electrons. The summed E-state index contributed by atoms with van der Waals surface area (Å²) in [6, 6.07) is 10.0. The van der Waals surface area contributed by atoms with E-state index < -0.39 is 12.8 Å². The van der Waals surface area contributed by atoms with E-state index in [0.29, 0.717) is 38.2 Å². The predicted molar refractivity (Wildman–Crippen MR) is 103 cm³/mol. The third-order valence-corrected chi connectivity index (χ3v) is 4.70. The number of carbonyl (C=O) groups is 2. The predicted octanol–water partition coefficient (Wildman–Crippen LogP) is 3.32. The van der Waals surface area contributed by atoms with E-state index in [4.69, 9.17) is 0 Å². The molecule has 0 atom stereocenters. The molecule has 1 aromatic carbocycles. The second-order valence-corrected chi connectivity index (χ2v) is 7.10. The number of nitrogens with zero attached hydrogens (tertiary/aromatic N) is 3. The maximum Gasteiger partial charge on any atom is 0.422 e. The molecule has 0 aliphatic carbocycles. The highest BCUT2D eigenvalue weighted by atomic mass is 19.4. The van der Waals surface area contributed by atoms with E-state index in [9.17, 15) is 22.8 Å². The lowest BCUT2D eigenvalue weighted by atomic mass is 10.1. The monoisotopic (exact) mass is 421 g/mol. The van der Waals surface area contributed by atoms with Crippen LogP contribution in [0.25, 0.3) is 0 Å². The number of rotatable bonds is 4. The van der Waals surface area contributed by atoms with Crippen molar-refractivity contribution in [3.63, 3.8) is 0 Å². The van der Waals surface area contributed by atoms with Gasteiger partial charge in [0, 0.05) is 44.0 Å². The molecular weight excluding hydrogens is 399 g/mol. The van der Waals surface area contributed by atoms with Gasteiger partial charge in [-0.15, -0.1) is 0 Å². The highest BCUT2D eigenvalue weighted by molar-refractivity contribution is 5.95. The van der Waals surface area contributed by atoms with Gasteiger partial charge >= 0.3 is 6.18 Å². The molecule has 0 spiro atoms. The molecule has 30 heavy (non-hydrogen) atoms. The van der Waals surface area contributed by atoms with Crippen LogP contribution >= 0.6 is 0 Å². The summed E-state index contributed by atoms with van der Waals surface area (Å²) in [4.78, 5) is 32.6. The topological polar surface area (TPSA) is 62.7 Å². The maximum absolute atomic E-state index is 12.7. The Morgan fingerprint density at radius 3 is 2.23 bits per heavy atom. The smallest absolute Gasteiger partial charge is 0.422 e. The number of alkyl halides is 3. The number of hydrogen-bond acceptors (Lipinski definition) is 4. The number of pyridine rings is 1. The van der Waals surface area contributed by atoms with Gasteiger partial charge in [0.15, 0.2) is 6.61 Å². The first-order chi connectivity index (χ1) is 14.2. The molecule has 0 saturated carbocycles. The van der Waals surface area contributed by atoms with Crippen LogP contribution in [-0.2, 0) is 0 Å². The van der Waals surface area contributed by atoms with Crippen molar-refractivity contribution in [1.29, 1.82) is 0 Å². The van der Waals surface area contributed by atoms with Gasteiger partial charge in [0.05, 0.1) is 5.56 Å². The zero-order valence-corrected chi connectivity index (χ0v) is 16.5. The maximum atomic E-state index is 12.7. The number of carbonyl (C=O) groups excluding carboxylic acids is 2. The summed E-state index contributed by atoms with van der Waals surface area (Å²) >= 11 is 0. The van der Waals surface area contributed by atoms with Crippen LogP contribution in [0.1, 0.15) is 32.7 Å². The number of aromatic nitrogens is 1. The van der Waals surface area contributed by atoms with Crippen LogP contribution in [0.15, 0.2) is 42.6 Å². The van der Waals surface area contributed by atoms with Crippen molar-refractivity contribution < 1.29 is 27.5 Å². The second-order valence-electron chi connectivity index (χ2n) is 7.10. The Labute approximate surface area is 172 Å². The molecule has 1 fully saturated rings. The number of ether oxygens (including phenoxy) is 1. The van der Waals surface area contributed by atoms with Crippen LogP contribution in [0.4, 0.5) is 13.2 Å². The van der Waals surface area contributed by atoms with Gasteiger partial charge in [0.2, 0.25) is 5.88 Å². The fourth-order valence-corrected chi connectivity index (χ4v) is 3.21. The van der Waals surface area contributed by atoms with Crippen LogP contribution in [0.2, 0.25) is 0 Å². The van der Waals surface area contributed by atoms with E-state index in [-0.39, 0.29) is 23.3 Å². The van der Waals surface area contributed by atoms with Crippen molar-refractivity contribution in [1.82, 2.24) is 14.8 Å². The minimum Gasteiger partial charge on any atom is -0.468 e. The Morgan fingerprint density at radius 1 is 1.00 bits per heavy atom. The fourth-order valence-electron chi connectivity index (χ4n) is 3.21. The average molecular weight is 421 g/mol. The normalized spacial score (nSPS) is 14.9. The van der Waals surface area contributed by atoms with Gasteiger partial charge in [0.1, 0.15) is 0 Å². The lowest BCUT2D eigenvalue weighted by Crippen LogP contribution is -2.37. The molecule has 0 bridgehead atoms. The van der Waals surface area contributed by atoms with E-state index in [1.54, 1.807) is 15.9 Å². The lowest BCUT2D eigenvalue weighted by molar-refractivity contribution is -0.154. The highest BCUT2D eigenvalue weighted by Crippen LogP contribution is 2.18. The minimum absolute atomic E-state index is 0.0687. The summed E-state index contributed by atoms with van der Waals surface area (Å²) in [6.07, 6.45) is -2.62. The molecule has 1 aromatic heterocycles. The summed E-state index contributed by atoms with van der Waals surface area (Å²) in [5.41, 5.74) is 1.88. The summed E-state index contributed by atoms with van der Waals surface area (Å²) in [5.74, 6) is -0.551. The molecule has 2 amide bonds. The Balaban J connectivity index is 1.59. The van der Waals surface area contributed by atoms with Crippen molar-refractivity contribution in [3.05, 3.63) is 59.3 Å². The Hall–Kier alpha value is -3.10. The van der Waals surface area contributed by atoms with E-state index in [1.165, 1.54) is 18.3 Å². The van der Waals surface area contributed by atoms with Gasteiger partial charge in [0.25, 0.3) is 11.8 Å². The molecule has 2 aromatic rings. The molecule has 160 valence electrons. The molecule has 3 rings (SSSR count). The first kappa shape index (κ1) is 21.6. The Bertz CT molecular complexity index is 900. The standard InChI is InChI=1S/C21H22F3N3O3/c1-15-4-2-5-16(12-15)19(28)26-8-3-9-27(11-10-26)20(29)17-6-7-18(25-13-17)30-14-21(22,23)24/h2,4-7,12-13H,3,8-11,14H2,1H3. The lowest BCUT2D eigenvalue weighted by Gasteiger charge is -2.22. The van der Waals surface area contributed by atoms with Crippen LogP contribution in [-0.4, -0.2) is 65.6 Å². The zero-order valence-electron chi connectivity index (χ0n) is 16.5. The van der Waals surface area contributed by atoms with Crippen LogP contribution in [0.5, 0.6) is 5.88 Å². The zero-order chi connectivity index (χ0) is 21.7. The third kappa shape index (κ3) is 5.71. The first-order valence-electron chi connectivity index (χ1n) is 9.54. The van der Waals surface area contributed by atoms with Crippen molar-refractivity contribution in [2.75, 3.05) is 32.8 Å². The molecule has 1 saturated heterocycles. The molecule has 2 heterocycles. The number of amides is 2. The van der Waals surface area contributed by atoms with E-state index in [0.717, 1.165) is 5.56 Å². The Kier molecular flexibility index (Phi) is 6.59. The number of benzene rings is 1. The van der Waals surface area contributed by atoms with Crippen molar-refractivity contribution >= 4 is 11.8 Å². The van der Waals surface area contributed by atoms with E-state index in [2.05, 4.69) is 9.72 Å². The number of halogens is 3. The van der Waals surface area contributed by atoms with Crippen LogP contribution in [0, 0.1) is 6.92 Å². The van der Waals surface area contributed by atoms with Crippen molar-refractivity contribution in [2.45, 2.75) is 19.5 Å². The summed E-state index contributed by atoms with van der Waals surface area (Å²) in [6.45, 7) is 2.26. The number of aryl methyl sites for hydroxylation is 1. The molecule has 0 N–H and O–H groups in total. The second kappa shape index (κ2) is 9.15. The fraction of sp³-hybridized carbons (Fsp3) is 0.381. The highest BCUT2D eigenvalue weighted by Gasteiger charge is 2.29. The molecule has 0 unspecified atom stereocenters. The quantitative estimate of drug-likeness (QED) is 0.760. The average Bonchev–Trinajstić information content (AvgIpc) is 2.97. The summed E-state index contributed by atoms with van der Waals surface area (Å²) in [5, 5.41) is 0. The first-order valence-corrected chi connectivity index (χ1v) is 9.54. The molecule has 6 nitrogen and oxygen atoms in total. The largest absolute Gasteiger partial charge is 0.468 e. The van der Waals surface area contributed by atoms with Gasteiger partial charge in [-0.1, -0.05) is 17.7 Å². The van der Waals surface area contributed by atoms with Crippen LogP contribution < -0.4 is 4.74 Å². The Morgan fingerprint density at radius 2 is 1.67 bits per heavy atom. The molecule has 1 aliphatic rings. The van der Waals surface area contributed by atoms with Crippen molar-refractivity contribution in [2.24, 2.45) is 0 Å². The van der Waals surface area contributed by atoms with E-state index >= 15 is 0 Å². The van der Waals surface area contributed by atoms with E-state index in [1.807, 2.05) is 25.1 Å². The van der Waals surface area contributed by atoms with Crippen LogP contribution in [0.3, 0.4) is 0 Å².